The number of hydrogen-bond donors (Lipinski definition) is 1. The number of benzene rings is 1. The van der Waals surface area contributed by atoms with Crippen molar-refractivity contribution in [3.8, 4) is 11.1 Å². The van der Waals surface area contributed by atoms with Gasteiger partial charge in [-0.15, -0.1) is 11.3 Å². The summed E-state index contributed by atoms with van der Waals surface area (Å²) in [6, 6.07) is 10.3. The van der Waals surface area contributed by atoms with Crippen molar-refractivity contribution in [1.29, 1.82) is 0 Å². The van der Waals surface area contributed by atoms with Crippen LogP contribution in [0.5, 0.6) is 0 Å². The third kappa shape index (κ3) is 4.41. The van der Waals surface area contributed by atoms with Crippen LogP contribution in [0.2, 0.25) is 0 Å². The van der Waals surface area contributed by atoms with Crippen LogP contribution in [0.1, 0.15) is 21.7 Å². The van der Waals surface area contributed by atoms with Crippen molar-refractivity contribution < 1.29 is 4.79 Å². The van der Waals surface area contributed by atoms with Gasteiger partial charge in [-0.25, -0.2) is 0 Å². The maximum absolute atomic E-state index is 12.3. The van der Waals surface area contributed by atoms with E-state index in [4.69, 9.17) is 0 Å². The van der Waals surface area contributed by atoms with Gasteiger partial charge in [0, 0.05) is 12.1 Å². The molecule has 21 heavy (non-hydrogen) atoms. The number of amides is 1. The van der Waals surface area contributed by atoms with Gasteiger partial charge in [0.15, 0.2) is 0 Å². The summed E-state index contributed by atoms with van der Waals surface area (Å²) in [4.78, 5) is 15.2. The van der Waals surface area contributed by atoms with E-state index in [1.54, 1.807) is 0 Å². The first-order valence-electron chi connectivity index (χ1n) is 7.15. The number of nitrogens with one attached hydrogen (secondary N) is 1. The number of carbonyl (C=O) groups excluding carboxylic acids is 1. The van der Waals surface area contributed by atoms with E-state index in [2.05, 4.69) is 41.4 Å². The first kappa shape index (κ1) is 15.7. The summed E-state index contributed by atoms with van der Waals surface area (Å²) >= 11 is 1.50. The van der Waals surface area contributed by atoms with E-state index in [0.29, 0.717) is 6.54 Å². The lowest BCUT2D eigenvalue weighted by Crippen LogP contribution is -2.26. The Kier molecular flexibility index (Phi) is 5.53. The molecule has 0 fully saturated rings. The van der Waals surface area contributed by atoms with Crippen molar-refractivity contribution in [2.75, 3.05) is 27.2 Å². The summed E-state index contributed by atoms with van der Waals surface area (Å²) < 4.78 is 0. The summed E-state index contributed by atoms with van der Waals surface area (Å²) in [7, 11) is 4.08. The fourth-order valence-electron chi connectivity index (χ4n) is 2.12. The molecule has 1 aromatic carbocycles. The van der Waals surface area contributed by atoms with E-state index in [0.717, 1.165) is 29.0 Å². The van der Waals surface area contributed by atoms with Gasteiger partial charge in [-0.2, -0.15) is 0 Å². The van der Waals surface area contributed by atoms with Crippen LogP contribution in [0.25, 0.3) is 11.1 Å². The minimum atomic E-state index is 0.0272. The summed E-state index contributed by atoms with van der Waals surface area (Å²) in [6.07, 6.45) is 0.962. The van der Waals surface area contributed by atoms with E-state index in [-0.39, 0.29) is 5.91 Å². The Morgan fingerprint density at radius 3 is 2.57 bits per heavy atom. The summed E-state index contributed by atoms with van der Waals surface area (Å²) in [5.74, 6) is 0.0272. The van der Waals surface area contributed by atoms with Gasteiger partial charge in [-0.05, 0) is 51.0 Å². The van der Waals surface area contributed by atoms with Crippen LogP contribution in [0, 0.1) is 6.92 Å². The number of carbonyl (C=O) groups is 1. The fraction of sp³-hybridized carbons (Fsp3) is 0.353. The highest BCUT2D eigenvalue weighted by atomic mass is 32.1. The van der Waals surface area contributed by atoms with E-state index >= 15 is 0 Å². The molecule has 0 bridgehead atoms. The number of hydrogen-bond acceptors (Lipinski definition) is 3. The molecule has 1 N–H and O–H groups in total. The predicted molar refractivity (Wildman–Crippen MR) is 90.0 cm³/mol. The summed E-state index contributed by atoms with van der Waals surface area (Å²) in [6.45, 7) is 3.76. The Morgan fingerprint density at radius 2 is 1.90 bits per heavy atom. The molecular formula is C17H22N2OS. The van der Waals surface area contributed by atoms with Crippen molar-refractivity contribution >= 4 is 17.2 Å². The van der Waals surface area contributed by atoms with Gasteiger partial charge in [0.25, 0.3) is 5.91 Å². The zero-order valence-corrected chi connectivity index (χ0v) is 13.7. The van der Waals surface area contributed by atoms with Crippen molar-refractivity contribution in [2.45, 2.75) is 13.3 Å². The van der Waals surface area contributed by atoms with Gasteiger partial charge < -0.3 is 10.2 Å². The Balaban J connectivity index is 2.02. The van der Waals surface area contributed by atoms with Crippen LogP contribution in [0.15, 0.2) is 35.7 Å². The average molecular weight is 302 g/mol. The normalized spacial score (nSPS) is 10.9. The van der Waals surface area contributed by atoms with Crippen molar-refractivity contribution in [3.05, 3.63) is 46.2 Å². The highest BCUT2D eigenvalue weighted by Gasteiger charge is 2.13. The lowest BCUT2D eigenvalue weighted by atomic mass is 10.0. The predicted octanol–water partition coefficient (Wildman–Crippen LogP) is 3.41. The zero-order valence-electron chi connectivity index (χ0n) is 12.8. The molecule has 1 aromatic heterocycles. The molecule has 3 nitrogen and oxygen atoms in total. The summed E-state index contributed by atoms with van der Waals surface area (Å²) in [5.41, 5.74) is 3.34. The van der Waals surface area contributed by atoms with Crippen LogP contribution in [0.4, 0.5) is 0 Å². The SMILES string of the molecule is Cc1ccc(-c2ccsc2C(=O)NCCCN(C)C)cc1. The molecule has 0 saturated heterocycles. The molecule has 1 amide bonds. The molecule has 0 aliphatic carbocycles. The van der Waals surface area contributed by atoms with E-state index < -0.39 is 0 Å². The second-order valence-electron chi connectivity index (χ2n) is 5.44. The topological polar surface area (TPSA) is 32.3 Å². The van der Waals surface area contributed by atoms with Gasteiger partial charge in [-0.1, -0.05) is 29.8 Å². The lowest BCUT2D eigenvalue weighted by Gasteiger charge is -2.10. The highest BCUT2D eigenvalue weighted by Crippen LogP contribution is 2.28. The third-order valence-electron chi connectivity index (χ3n) is 3.30. The van der Waals surface area contributed by atoms with Gasteiger partial charge in [-0.3, -0.25) is 4.79 Å². The van der Waals surface area contributed by atoms with Crippen LogP contribution in [0.3, 0.4) is 0 Å². The van der Waals surface area contributed by atoms with E-state index in [9.17, 15) is 4.79 Å². The van der Waals surface area contributed by atoms with Crippen molar-refractivity contribution in [1.82, 2.24) is 10.2 Å². The molecule has 0 radical (unpaired) electrons. The molecule has 2 aromatic rings. The van der Waals surface area contributed by atoms with Crippen molar-refractivity contribution in [2.24, 2.45) is 0 Å². The van der Waals surface area contributed by atoms with E-state index in [1.165, 1.54) is 16.9 Å². The number of aryl methyl sites for hydroxylation is 1. The molecule has 112 valence electrons. The molecule has 4 heteroatoms. The zero-order chi connectivity index (χ0) is 15.2. The van der Waals surface area contributed by atoms with Crippen LogP contribution >= 0.6 is 11.3 Å². The Morgan fingerprint density at radius 1 is 1.19 bits per heavy atom. The molecule has 1 heterocycles. The monoisotopic (exact) mass is 302 g/mol. The van der Waals surface area contributed by atoms with Gasteiger partial charge >= 0.3 is 0 Å². The Labute approximate surface area is 130 Å². The fourth-order valence-corrected chi connectivity index (χ4v) is 2.96. The molecule has 0 spiro atoms. The molecule has 0 unspecified atom stereocenters. The number of nitrogens with zero attached hydrogens (tertiary/aromatic N) is 1. The quantitative estimate of drug-likeness (QED) is 0.829. The minimum Gasteiger partial charge on any atom is -0.351 e. The van der Waals surface area contributed by atoms with E-state index in [1.807, 2.05) is 25.5 Å². The third-order valence-corrected chi connectivity index (χ3v) is 4.21. The largest absolute Gasteiger partial charge is 0.351 e. The van der Waals surface area contributed by atoms with Gasteiger partial charge in [0.05, 0.1) is 4.88 Å². The second-order valence-corrected chi connectivity index (χ2v) is 6.36. The maximum atomic E-state index is 12.3. The first-order chi connectivity index (χ1) is 10.1. The maximum Gasteiger partial charge on any atom is 0.261 e. The standard InChI is InChI=1S/C17H22N2OS/c1-13-5-7-14(8-6-13)15-9-12-21-16(15)17(20)18-10-4-11-19(2)3/h5-9,12H,4,10-11H2,1-3H3,(H,18,20). The molecule has 0 saturated carbocycles. The molecule has 0 aliphatic rings. The Hall–Kier alpha value is -1.65. The second kappa shape index (κ2) is 7.38. The Bertz CT molecular complexity index is 587. The molecular weight excluding hydrogens is 280 g/mol. The number of rotatable bonds is 6. The average Bonchev–Trinajstić information content (AvgIpc) is 2.93. The highest BCUT2D eigenvalue weighted by molar-refractivity contribution is 7.12. The van der Waals surface area contributed by atoms with Crippen LogP contribution in [-0.2, 0) is 0 Å². The van der Waals surface area contributed by atoms with Gasteiger partial charge in [0.1, 0.15) is 0 Å². The smallest absolute Gasteiger partial charge is 0.261 e. The molecule has 2 rings (SSSR count). The van der Waals surface area contributed by atoms with Crippen LogP contribution in [-0.4, -0.2) is 38.0 Å². The minimum absolute atomic E-state index is 0.0272. The lowest BCUT2D eigenvalue weighted by molar-refractivity contribution is 0.0957. The molecule has 0 aliphatic heterocycles. The number of thiophene rings is 1. The first-order valence-corrected chi connectivity index (χ1v) is 8.03. The van der Waals surface area contributed by atoms with Crippen LogP contribution < -0.4 is 5.32 Å². The molecule has 0 atom stereocenters. The van der Waals surface area contributed by atoms with Gasteiger partial charge in [0.2, 0.25) is 0 Å². The van der Waals surface area contributed by atoms with Crippen molar-refractivity contribution in [3.63, 3.8) is 0 Å². The summed E-state index contributed by atoms with van der Waals surface area (Å²) in [5, 5.41) is 4.98.